The van der Waals surface area contributed by atoms with E-state index in [0.717, 1.165) is 4.90 Å². The van der Waals surface area contributed by atoms with E-state index >= 15 is 0 Å². The van der Waals surface area contributed by atoms with Crippen molar-refractivity contribution in [2.75, 3.05) is 12.4 Å². The van der Waals surface area contributed by atoms with E-state index in [0.29, 0.717) is 12.4 Å². The molecule has 0 aliphatic carbocycles. The van der Waals surface area contributed by atoms with Gasteiger partial charge in [-0.3, -0.25) is 4.79 Å². The quantitative estimate of drug-likeness (QED) is 0.446. The van der Waals surface area contributed by atoms with Crippen LogP contribution in [-0.2, 0) is 9.53 Å². The first-order valence-electron chi connectivity index (χ1n) is 5.19. The van der Waals surface area contributed by atoms with Gasteiger partial charge in [-0.15, -0.1) is 11.8 Å². The van der Waals surface area contributed by atoms with Crippen LogP contribution < -0.4 is 0 Å². The van der Waals surface area contributed by atoms with Crippen molar-refractivity contribution in [2.45, 2.75) is 18.7 Å². The van der Waals surface area contributed by atoms with Crippen molar-refractivity contribution in [3.05, 3.63) is 42.0 Å². The van der Waals surface area contributed by atoms with Gasteiger partial charge in [-0.05, 0) is 25.5 Å². The van der Waals surface area contributed by atoms with Crippen molar-refractivity contribution in [3.8, 4) is 0 Å². The lowest BCUT2D eigenvalue weighted by Crippen LogP contribution is -2.07. The number of hydrogen-bond acceptors (Lipinski definition) is 3. The van der Waals surface area contributed by atoms with Crippen LogP contribution in [0.1, 0.15) is 12.5 Å². The Morgan fingerprint density at radius 3 is 2.88 bits per heavy atom. The van der Waals surface area contributed by atoms with Gasteiger partial charge in [-0.1, -0.05) is 30.4 Å². The first kappa shape index (κ1) is 12.8. The fraction of sp³-hybridized carbons (Fsp3) is 0.308. The van der Waals surface area contributed by atoms with Crippen LogP contribution in [0.15, 0.2) is 41.3 Å². The topological polar surface area (TPSA) is 26.3 Å². The molecule has 0 heterocycles. The molecule has 0 bridgehead atoms. The lowest BCUT2D eigenvalue weighted by atomic mass is 10.2. The Labute approximate surface area is 101 Å². The molecular weight excluding hydrogens is 220 g/mol. The Kier molecular flexibility index (Phi) is 5.72. The van der Waals surface area contributed by atoms with E-state index in [1.165, 1.54) is 17.3 Å². The molecule has 0 radical (unpaired) electrons. The summed E-state index contributed by atoms with van der Waals surface area (Å²) in [5, 5.41) is 0. The van der Waals surface area contributed by atoms with Crippen LogP contribution in [0.5, 0.6) is 0 Å². The number of ether oxygens (including phenoxy) is 1. The van der Waals surface area contributed by atoms with E-state index in [1.54, 1.807) is 0 Å². The second kappa shape index (κ2) is 7.12. The van der Waals surface area contributed by atoms with Crippen molar-refractivity contribution in [3.63, 3.8) is 0 Å². The summed E-state index contributed by atoms with van der Waals surface area (Å²) in [4.78, 5) is 12.5. The molecule has 0 aromatic heterocycles. The normalized spacial score (nSPS) is 10.6. The van der Waals surface area contributed by atoms with Crippen LogP contribution in [0.4, 0.5) is 0 Å². The Hall–Kier alpha value is -1.22. The molecule has 3 heteroatoms. The number of esters is 1. The fourth-order valence-corrected chi connectivity index (χ4v) is 1.96. The summed E-state index contributed by atoms with van der Waals surface area (Å²) < 4.78 is 5.00. The molecule has 1 aromatic carbocycles. The monoisotopic (exact) mass is 236 g/mol. The van der Waals surface area contributed by atoms with Gasteiger partial charge in [0.1, 0.15) is 6.61 Å². The highest BCUT2D eigenvalue weighted by Gasteiger charge is 2.04. The number of thioether (sulfide) groups is 1. The van der Waals surface area contributed by atoms with Crippen LogP contribution >= 0.6 is 11.8 Å². The predicted octanol–water partition coefficient (Wildman–Crippen LogP) is 3.21. The summed E-state index contributed by atoms with van der Waals surface area (Å²) in [6.07, 6.45) is 3.68. The largest absolute Gasteiger partial charge is 0.461 e. The summed E-state index contributed by atoms with van der Waals surface area (Å²) in [6, 6.07) is 8.01. The Morgan fingerprint density at radius 1 is 1.44 bits per heavy atom. The van der Waals surface area contributed by atoms with Crippen molar-refractivity contribution in [1.29, 1.82) is 0 Å². The maximum absolute atomic E-state index is 11.3. The van der Waals surface area contributed by atoms with E-state index in [-0.39, 0.29) is 5.97 Å². The molecule has 0 saturated heterocycles. The molecule has 0 atom stereocenters. The SMILES string of the molecule is C/C=C/COC(=O)CSc1ccccc1C. The predicted molar refractivity (Wildman–Crippen MR) is 67.7 cm³/mol. The number of allylic oxidation sites excluding steroid dienone is 1. The number of carbonyl (C=O) groups excluding carboxylic acids is 1. The number of hydrogen-bond donors (Lipinski definition) is 0. The minimum absolute atomic E-state index is 0.175. The second-order valence-electron chi connectivity index (χ2n) is 3.31. The van der Waals surface area contributed by atoms with Gasteiger partial charge in [-0.2, -0.15) is 0 Å². The summed E-state index contributed by atoms with van der Waals surface area (Å²) in [5.74, 6) is 0.189. The van der Waals surface area contributed by atoms with E-state index in [1.807, 2.05) is 50.3 Å². The molecule has 0 amide bonds. The van der Waals surface area contributed by atoms with Crippen LogP contribution in [-0.4, -0.2) is 18.3 Å². The number of benzene rings is 1. The molecule has 1 rings (SSSR count). The van der Waals surface area contributed by atoms with Crippen molar-refractivity contribution in [2.24, 2.45) is 0 Å². The average molecular weight is 236 g/mol. The molecule has 0 saturated carbocycles. The van der Waals surface area contributed by atoms with Crippen molar-refractivity contribution >= 4 is 17.7 Å². The van der Waals surface area contributed by atoms with Gasteiger partial charge in [0.05, 0.1) is 5.75 Å². The van der Waals surface area contributed by atoms with Gasteiger partial charge in [0.2, 0.25) is 0 Å². The first-order chi connectivity index (χ1) is 7.74. The van der Waals surface area contributed by atoms with Crippen LogP contribution in [0.2, 0.25) is 0 Å². The first-order valence-corrected chi connectivity index (χ1v) is 6.18. The van der Waals surface area contributed by atoms with Gasteiger partial charge in [0.15, 0.2) is 0 Å². The van der Waals surface area contributed by atoms with Crippen LogP contribution in [0.25, 0.3) is 0 Å². The zero-order valence-corrected chi connectivity index (χ0v) is 10.4. The third-order valence-corrected chi connectivity index (χ3v) is 3.16. The summed E-state index contributed by atoms with van der Waals surface area (Å²) in [5.41, 5.74) is 1.19. The van der Waals surface area contributed by atoms with Gasteiger partial charge in [0.25, 0.3) is 0 Å². The number of rotatable bonds is 5. The molecule has 16 heavy (non-hydrogen) atoms. The van der Waals surface area contributed by atoms with Gasteiger partial charge in [-0.25, -0.2) is 0 Å². The Balaban J connectivity index is 2.34. The minimum Gasteiger partial charge on any atom is -0.461 e. The summed E-state index contributed by atoms with van der Waals surface area (Å²) in [7, 11) is 0. The molecule has 2 nitrogen and oxygen atoms in total. The second-order valence-corrected chi connectivity index (χ2v) is 4.32. The molecule has 0 unspecified atom stereocenters. The Bertz CT molecular complexity index is 372. The third kappa shape index (κ3) is 4.53. The van der Waals surface area contributed by atoms with E-state index in [9.17, 15) is 4.79 Å². The van der Waals surface area contributed by atoms with E-state index in [4.69, 9.17) is 4.74 Å². The smallest absolute Gasteiger partial charge is 0.316 e. The molecule has 0 aliphatic rings. The summed E-state index contributed by atoms with van der Waals surface area (Å²) in [6.45, 7) is 4.30. The van der Waals surface area contributed by atoms with E-state index in [2.05, 4.69) is 0 Å². The highest BCUT2D eigenvalue weighted by atomic mass is 32.2. The molecule has 0 N–H and O–H groups in total. The highest BCUT2D eigenvalue weighted by Crippen LogP contribution is 2.21. The van der Waals surface area contributed by atoms with Crippen LogP contribution in [0, 0.1) is 6.92 Å². The molecule has 0 spiro atoms. The van der Waals surface area contributed by atoms with Crippen molar-refractivity contribution in [1.82, 2.24) is 0 Å². The number of carbonyl (C=O) groups is 1. The average Bonchev–Trinajstić information content (AvgIpc) is 2.28. The Morgan fingerprint density at radius 2 is 2.19 bits per heavy atom. The maximum Gasteiger partial charge on any atom is 0.316 e. The van der Waals surface area contributed by atoms with Gasteiger partial charge >= 0.3 is 5.97 Å². The van der Waals surface area contributed by atoms with Crippen LogP contribution in [0.3, 0.4) is 0 Å². The summed E-state index contributed by atoms with van der Waals surface area (Å²) >= 11 is 1.51. The molecule has 86 valence electrons. The number of aryl methyl sites for hydroxylation is 1. The molecule has 0 aliphatic heterocycles. The zero-order valence-electron chi connectivity index (χ0n) is 9.60. The molecule has 0 fully saturated rings. The highest BCUT2D eigenvalue weighted by molar-refractivity contribution is 8.00. The zero-order chi connectivity index (χ0) is 11.8. The van der Waals surface area contributed by atoms with E-state index < -0.39 is 0 Å². The van der Waals surface area contributed by atoms with Gasteiger partial charge < -0.3 is 4.74 Å². The third-order valence-electron chi connectivity index (χ3n) is 2.02. The standard InChI is InChI=1S/C13H16O2S/c1-3-4-9-15-13(14)10-16-12-8-6-5-7-11(12)2/h3-8H,9-10H2,1-2H3/b4-3+. The molecule has 1 aromatic rings. The van der Waals surface area contributed by atoms with Crippen molar-refractivity contribution < 1.29 is 9.53 Å². The minimum atomic E-state index is -0.175. The van der Waals surface area contributed by atoms with Gasteiger partial charge in [0, 0.05) is 4.90 Å². The lowest BCUT2D eigenvalue weighted by molar-refractivity contribution is -0.139. The maximum atomic E-state index is 11.3. The molecular formula is C13H16O2S. The lowest BCUT2D eigenvalue weighted by Gasteiger charge is -2.04. The fourth-order valence-electron chi connectivity index (χ4n) is 1.13.